The molecule has 0 saturated carbocycles. The van der Waals surface area contributed by atoms with Crippen molar-refractivity contribution in [1.29, 1.82) is 0 Å². The summed E-state index contributed by atoms with van der Waals surface area (Å²) in [5.41, 5.74) is -0.0600. The maximum atomic E-state index is 13.5. The van der Waals surface area contributed by atoms with E-state index in [-0.39, 0.29) is 5.69 Å². The molecule has 23 heavy (non-hydrogen) atoms. The highest BCUT2D eigenvalue weighted by molar-refractivity contribution is 5.84. The minimum atomic E-state index is -0.720. The highest BCUT2D eigenvalue weighted by atomic mass is 19.1. The van der Waals surface area contributed by atoms with Crippen LogP contribution in [0.2, 0.25) is 0 Å². The van der Waals surface area contributed by atoms with Crippen LogP contribution in [0.4, 0.5) is 30.8 Å². The molecule has 0 aliphatic heterocycles. The lowest BCUT2D eigenvalue weighted by molar-refractivity contribution is 0.0636. The van der Waals surface area contributed by atoms with Gasteiger partial charge in [-0.1, -0.05) is 0 Å². The van der Waals surface area contributed by atoms with E-state index in [9.17, 15) is 13.6 Å². The Morgan fingerprint density at radius 3 is 2.48 bits per heavy atom. The molecule has 0 bridgehead atoms. The number of carbonyl (C=O) groups is 1. The number of anilines is 3. The number of ether oxygens (including phenoxy) is 1. The highest BCUT2D eigenvalue weighted by Gasteiger charge is 2.16. The van der Waals surface area contributed by atoms with Crippen molar-refractivity contribution in [3.05, 3.63) is 48.2 Å². The molecule has 7 heteroatoms. The van der Waals surface area contributed by atoms with Crippen LogP contribution in [0.15, 0.2) is 36.5 Å². The van der Waals surface area contributed by atoms with Crippen molar-refractivity contribution < 1.29 is 18.3 Å². The molecule has 0 aliphatic carbocycles. The summed E-state index contributed by atoms with van der Waals surface area (Å²) in [6, 6.07) is 6.33. The Morgan fingerprint density at radius 1 is 1.17 bits per heavy atom. The topological polar surface area (TPSA) is 63.2 Å². The van der Waals surface area contributed by atoms with Gasteiger partial charge in [-0.05, 0) is 45.0 Å². The monoisotopic (exact) mass is 321 g/mol. The number of pyridine rings is 1. The van der Waals surface area contributed by atoms with Gasteiger partial charge in [0.1, 0.15) is 23.1 Å². The van der Waals surface area contributed by atoms with Crippen LogP contribution >= 0.6 is 0 Å². The molecule has 0 spiro atoms. The van der Waals surface area contributed by atoms with Crippen molar-refractivity contribution in [1.82, 2.24) is 4.98 Å². The third kappa shape index (κ3) is 5.21. The molecule has 1 aromatic carbocycles. The molecule has 1 amide bonds. The molecule has 0 saturated heterocycles. The third-order valence-corrected chi connectivity index (χ3v) is 2.60. The number of amides is 1. The van der Waals surface area contributed by atoms with E-state index in [2.05, 4.69) is 15.6 Å². The molecule has 122 valence electrons. The number of nitrogens with zero attached hydrogens (tertiary/aromatic N) is 1. The summed E-state index contributed by atoms with van der Waals surface area (Å²) in [5, 5.41) is 5.25. The molecule has 1 aromatic heterocycles. The van der Waals surface area contributed by atoms with Gasteiger partial charge in [0.15, 0.2) is 0 Å². The Balaban J connectivity index is 2.01. The quantitative estimate of drug-likeness (QED) is 0.876. The van der Waals surface area contributed by atoms with E-state index >= 15 is 0 Å². The minimum absolute atomic E-state index is 0.103. The third-order valence-electron chi connectivity index (χ3n) is 2.60. The highest BCUT2D eigenvalue weighted by Crippen LogP contribution is 2.20. The SMILES string of the molecule is CC(C)(C)OC(=O)Nc1ccc(Nc2ccc(F)cc2F)nc1. The smallest absolute Gasteiger partial charge is 0.412 e. The number of hydrogen-bond acceptors (Lipinski definition) is 4. The molecule has 5 nitrogen and oxygen atoms in total. The van der Waals surface area contributed by atoms with Gasteiger partial charge in [-0.3, -0.25) is 5.32 Å². The number of rotatable bonds is 3. The maximum Gasteiger partial charge on any atom is 0.412 e. The normalized spacial score (nSPS) is 11.0. The number of hydrogen-bond donors (Lipinski definition) is 2. The van der Waals surface area contributed by atoms with Gasteiger partial charge in [0.25, 0.3) is 0 Å². The van der Waals surface area contributed by atoms with Crippen LogP contribution in [0.1, 0.15) is 20.8 Å². The molecular weight excluding hydrogens is 304 g/mol. The lowest BCUT2D eigenvalue weighted by Gasteiger charge is -2.19. The summed E-state index contributed by atoms with van der Waals surface area (Å²) in [6.07, 6.45) is 0.804. The van der Waals surface area contributed by atoms with Crippen LogP contribution < -0.4 is 10.6 Å². The first kappa shape index (κ1) is 16.7. The van der Waals surface area contributed by atoms with Crippen LogP contribution in [-0.4, -0.2) is 16.7 Å². The fraction of sp³-hybridized carbons (Fsp3) is 0.250. The van der Waals surface area contributed by atoms with Crippen LogP contribution in [0.5, 0.6) is 0 Å². The molecule has 2 rings (SSSR count). The molecule has 0 fully saturated rings. The average molecular weight is 321 g/mol. The minimum Gasteiger partial charge on any atom is -0.444 e. The average Bonchev–Trinajstić information content (AvgIpc) is 2.42. The van der Waals surface area contributed by atoms with E-state index < -0.39 is 23.3 Å². The Morgan fingerprint density at radius 2 is 1.91 bits per heavy atom. The molecule has 0 radical (unpaired) electrons. The second-order valence-electron chi connectivity index (χ2n) is 5.81. The Bertz CT molecular complexity index is 697. The van der Waals surface area contributed by atoms with Crippen LogP contribution in [0, 0.1) is 11.6 Å². The van der Waals surface area contributed by atoms with E-state index in [4.69, 9.17) is 4.74 Å². The molecule has 0 atom stereocenters. The van der Waals surface area contributed by atoms with Crippen molar-refractivity contribution in [2.75, 3.05) is 10.6 Å². The van der Waals surface area contributed by atoms with Crippen molar-refractivity contribution in [3.63, 3.8) is 0 Å². The van der Waals surface area contributed by atoms with E-state index in [1.165, 1.54) is 12.3 Å². The second kappa shape index (κ2) is 6.60. The lowest BCUT2D eigenvalue weighted by atomic mass is 10.2. The second-order valence-corrected chi connectivity index (χ2v) is 5.81. The number of benzene rings is 1. The summed E-state index contributed by atoms with van der Waals surface area (Å²) in [7, 11) is 0. The Labute approximate surface area is 132 Å². The van der Waals surface area contributed by atoms with E-state index in [1.807, 2.05) is 0 Å². The van der Waals surface area contributed by atoms with Gasteiger partial charge in [-0.25, -0.2) is 18.6 Å². The molecule has 2 N–H and O–H groups in total. The predicted octanol–water partition coefficient (Wildman–Crippen LogP) is 4.45. The summed E-state index contributed by atoms with van der Waals surface area (Å²) in [6.45, 7) is 5.28. The van der Waals surface area contributed by atoms with Crippen LogP contribution in [0.3, 0.4) is 0 Å². The fourth-order valence-corrected chi connectivity index (χ4v) is 1.69. The van der Waals surface area contributed by atoms with Crippen LogP contribution in [0.25, 0.3) is 0 Å². The largest absolute Gasteiger partial charge is 0.444 e. The Hall–Kier alpha value is -2.70. The first-order chi connectivity index (χ1) is 10.7. The standard InChI is InChI=1S/C16H17F2N3O2/c1-16(2,3)23-15(22)20-11-5-7-14(19-9-11)21-13-6-4-10(17)8-12(13)18/h4-9H,1-3H3,(H,19,21)(H,20,22). The van der Waals surface area contributed by atoms with Gasteiger partial charge in [-0.2, -0.15) is 0 Å². The summed E-state index contributed by atoms with van der Waals surface area (Å²) in [4.78, 5) is 15.7. The van der Waals surface area contributed by atoms with E-state index in [1.54, 1.807) is 32.9 Å². The fourth-order valence-electron chi connectivity index (χ4n) is 1.69. The summed E-state index contributed by atoms with van der Waals surface area (Å²) in [5.74, 6) is -1.02. The van der Waals surface area contributed by atoms with Gasteiger partial charge in [0, 0.05) is 6.07 Å². The van der Waals surface area contributed by atoms with E-state index in [0.717, 1.165) is 12.1 Å². The molecule has 0 aliphatic rings. The first-order valence-electron chi connectivity index (χ1n) is 6.91. The zero-order valence-electron chi connectivity index (χ0n) is 13.0. The maximum absolute atomic E-state index is 13.5. The first-order valence-corrected chi connectivity index (χ1v) is 6.91. The molecule has 2 aromatic rings. The lowest BCUT2D eigenvalue weighted by Crippen LogP contribution is -2.27. The van der Waals surface area contributed by atoms with E-state index in [0.29, 0.717) is 11.5 Å². The zero-order chi connectivity index (χ0) is 17.0. The van der Waals surface area contributed by atoms with Gasteiger partial charge >= 0.3 is 6.09 Å². The number of nitrogens with one attached hydrogen (secondary N) is 2. The zero-order valence-corrected chi connectivity index (χ0v) is 13.0. The van der Waals surface area contributed by atoms with Crippen molar-refractivity contribution in [2.45, 2.75) is 26.4 Å². The predicted molar refractivity (Wildman–Crippen MR) is 83.7 cm³/mol. The Kier molecular flexibility index (Phi) is 4.78. The van der Waals surface area contributed by atoms with Crippen molar-refractivity contribution in [3.8, 4) is 0 Å². The molecular formula is C16H17F2N3O2. The van der Waals surface area contributed by atoms with Gasteiger partial charge in [0.2, 0.25) is 0 Å². The van der Waals surface area contributed by atoms with Crippen molar-refractivity contribution in [2.24, 2.45) is 0 Å². The summed E-state index contributed by atoms with van der Waals surface area (Å²) >= 11 is 0. The molecule has 1 heterocycles. The molecule has 0 unspecified atom stereocenters. The van der Waals surface area contributed by atoms with Crippen molar-refractivity contribution >= 4 is 23.3 Å². The van der Waals surface area contributed by atoms with Gasteiger partial charge in [0.05, 0.1) is 17.6 Å². The number of aromatic nitrogens is 1. The summed E-state index contributed by atoms with van der Waals surface area (Å²) < 4.78 is 31.5. The van der Waals surface area contributed by atoms with Gasteiger partial charge in [-0.15, -0.1) is 0 Å². The number of carbonyl (C=O) groups excluding carboxylic acids is 1. The van der Waals surface area contributed by atoms with Gasteiger partial charge < -0.3 is 10.1 Å². The number of halogens is 2. The van der Waals surface area contributed by atoms with Crippen LogP contribution in [-0.2, 0) is 4.74 Å².